The number of pyridine rings is 1. The molecule has 0 saturated heterocycles. The summed E-state index contributed by atoms with van der Waals surface area (Å²) in [6.45, 7) is 7.28. The Morgan fingerprint density at radius 2 is 1.77 bits per heavy atom. The quantitative estimate of drug-likeness (QED) is 0.116. The molecule has 5 heteroatoms. The smallest absolute Gasteiger partial charge is 0.155 e. The Morgan fingerprint density at radius 3 is 2.44 bits per heavy atom. The van der Waals surface area contributed by atoms with Crippen molar-refractivity contribution in [3.05, 3.63) is 89.8 Å². The second kappa shape index (κ2) is 12.3. The molecule has 6 rings (SSSR count). The first kappa shape index (κ1) is 28.7. The van der Waals surface area contributed by atoms with Gasteiger partial charge in [-0.05, 0) is 72.7 Å². The minimum absolute atomic E-state index is 0. The zero-order valence-corrected chi connectivity index (χ0v) is 25.3. The number of aromatic nitrogens is 1. The van der Waals surface area contributed by atoms with Crippen LogP contribution in [0.5, 0.6) is 0 Å². The maximum Gasteiger partial charge on any atom is 0.155 e. The summed E-state index contributed by atoms with van der Waals surface area (Å²) in [5.41, 5.74) is 6.38. The number of para-hydroxylation sites is 1. The third-order valence-corrected chi connectivity index (χ3v) is 7.32. The molecular formula is C34H34IrNO3-. The third-order valence-electron chi connectivity index (χ3n) is 7.32. The van der Waals surface area contributed by atoms with E-state index in [1.54, 1.807) is 0 Å². The second-order valence-corrected chi connectivity index (χ2v) is 10.6. The molecule has 0 unspecified atom stereocenters. The molecule has 0 atom stereocenters. The molecule has 2 heterocycles. The Labute approximate surface area is 243 Å². The molecule has 2 aromatic heterocycles. The van der Waals surface area contributed by atoms with E-state index < -0.39 is 0 Å². The summed E-state index contributed by atoms with van der Waals surface area (Å²) in [4.78, 5) is 14.9. The van der Waals surface area contributed by atoms with Crippen molar-refractivity contribution in [2.45, 2.75) is 65.2 Å². The van der Waals surface area contributed by atoms with Crippen LogP contribution in [0.25, 0.3) is 44.0 Å². The van der Waals surface area contributed by atoms with E-state index in [1.165, 1.54) is 67.5 Å². The number of aliphatic hydroxyl groups is 1. The number of rotatable bonds is 4. The van der Waals surface area contributed by atoms with E-state index in [-0.39, 0.29) is 31.6 Å². The van der Waals surface area contributed by atoms with Crippen molar-refractivity contribution in [2.75, 3.05) is 0 Å². The minimum Gasteiger partial charge on any atom is -0.512 e. The number of aliphatic hydroxyl groups excluding tert-OH is 1. The molecule has 0 aliphatic heterocycles. The first-order valence-electron chi connectivity index (χ1n) is 13.5. The number of fused-ring (bicyclic) bond motifs is 4. The van der Waals surface area contributed by atoms with Gasteiger partial charge in [0.15, 0.2) is 5.78 Å². The first-order valence-corrected chi connectivity index (χ1v) is 13.5. The number of nitrogens with zero attached hydrogens (tertiary/aromatic N) is 1. The Kier molecular flexibility index (Phi) is 9.04. The van der Waals surface area contributed by atoms with Crippen molar-refractivity contribution >= 4 is 38.5 Å². The summed E-state index contributed by atoms with van der Waals surface area (Å²) in [7, 11) is 0. The van der Waals surface area contributed by atoms with Crippen LogP contribution in [0, 0.1) is 6.07 Å². The molecule has 1 radical (unpaired) electrons. The second-order valence-electron chi connectivity index (χ2n) is 10.6. The topological polar surface area (TPSA) is 63.3 Å². The summed E-state index contributed by atoms with van der Waals surface area (Å²) in [5.74, 6) is 1.02. The van der Waals surface area contributed by atoms with E-state index in [0.717, 1.165) is 33.2 Å². The van der Waals surface area contributed by atoms with Gasteiger partial charge in [-0.15, -0.1) is 17.7 Å². The van der Waals surface area contributed by atoms with Crippen LogP contribution in [-0.4, -0.2) is 15.9 Å². The number of furan rings is 1. The van der Waals surface area contributed by atoms with Crippen LogP contribution in [0.2, 0.25) is 0 Å². The van der Waals surface area contributed by atoms with Crippen LogP contribution in [0.3, 0.4) is 0 Å². The predicted octanol–water partition coefficient (Wildman–Crippen LogP) is 9.42. The number of hydrogen-bond acceptors (Lipinski definition) is 4. The van der Waals surface area contributed by atoms with Gasteiger partial charge in [0.2, 0.25) is 0 Å². The van der Waals surface area contributed by atoms with Gasteiger partial charge in [-0.3, -0.25) is 4.79 Å². The van der Waals surface area contributed by atoms with Gasteiger partial charge in [-0.2, -0.15) is 0 Å². The van der Waals surface area contributed by atoms with Crippen LogP contribution in [0.1, 0.15) is 76.3 Å². The SMILES string of the molecule is CC(=O)/C=C(/C)O.CC(C)c1[c-]c(-c2nccc3cc(C4CCCC4)ccc23)c2oc3ccccc3c2c1.[Ir]. The summed E-state index contributed by atoms with van der Waals surface area (Å²) in [6.07, 6.45) is 8.43. The molecule has 39 heavy (non-hydrogen) atoms. The Morgan fingerprint density at radius 1 is 1.03 bits per heavy atom. The fourth-order valence-electron chi connectivity index (χ4n) is 5.47. The van der Waals surface area contributed by atoms with Crippen LogP contribution >= 0.6 is 0 Å². The standard InChI is InChI=1S/C29H26NO.C5H8O2.Ir/c1-18(2)22-16-25-24-9-5-6-10-27(24)31-29(25)26(17-22)28-23-12-11-20(19-7-3-4-8-19)15-21(23)13-14-30-28;1-4(6)3-5(2)7;/h5-6,9-16,18-19H,3-4,7-8H2,1-2H3;3,6H,1-2H3;/q-1;;/b;4-3-;. The van der Waals surface area contributed by atoms with Crippen molar-refractivity contribution in [3.8, 4) is 11.3 Å². The molecule has 1 saturated carbocycles. The first-order chi connectivity index (χ1) is 18.3. The molecule has 0 spiro atoms. The van der Waals surface area contributed by atoms with E-state index in [0.29, 0.717) is 11.8 Å². The van der Waals surface area contributed by atoms with Gasteiger partial charge in [0.1, 0.15) is 5.58 Å². The summed E-state index contributed by atoms with van der Waals surface area (Å²) < 4.78 is 6.36. The molecule has 203 valence electrons. The Bertz CT molecular complexity index is 1650. The molecule has 4 nitrogen and oxygen atoms in total. The number of carbonyl (C=O) groups excluding carboxylic acids is 1. The van der Waals surface area contributed by atoms with Crippen LogP contribution in [0.4, 0.5) is 0 Å². The largest absolute Gasteiger partial charge is 0.512 e. The van der Waals surface area contributed by atoms with Crippen molar-refractivity contribution < 1.29 is 34.4 Å². The van der Waals surface area contributed by atoms with Gasteiger partial charge >= 0.3 is 0 Å². The van der Waals surface area contributed by atoms with Crippen molar-refractivity contribution in [3.63, 3.8) is 0 Å². The van der Waals surface area contributed by atoms with Gasteiger partial charge < -0.3 is 14.5 Å². The minimum atomic E-state index is -0.125. The predicted molar refractivity (Wildman–Crippen MR) is 156 cm³/mol. The fourth-order valence-corrected chi connectivity index (χ4v) is 5.47. The summed E-state index contributed by atoms with van der Waals surface area (Å²) in [5, 5.41) is 13.1. The normalized spacial score (nSPS) is 14.0. The molecule has 0 amide bonds. The van der Waals surface area contributed by atoms with Gasteiger partial charge in [-0.1, -0.05) is 74.0 Å². The fraction of sp³-hybridized carbons (Fsp3) is 0.294. The van der Waals surface area contributed by atoms with E-state index in [9.17, 15) is 4.79 Å². The average molecular weight is 697 g/mol. The monoisotopic (exact) mass is 697 g/mol. The molecule has 1 aliphatic rings. The van der Waals surface area contributed by atoms with Crippen molar-refractivity contribution in [1.82, 2.24) is 4.98 Å². The summed E-state index contributed by atoms with van der Waals surface area (Å²) >= 11 is 0. The van der Waals surface area contributed by atoms with E-state index >= 15 is 0 Å². The number of hydrogen-bond donors (Lipinski definition) is 1. The zero-order chi connectivity index (χ0) is 26.8. The Balaban J connectivity index is 0.000000394. The van der Waals surface area contributed by atoms with E-state index in [1.807, 2.05) is 18.3 Å². The maximum atomic E-state index is 10.0. The molecule has 5 aromatic rings. The number of allylic oxidation sites excluding steroid dienone is 2. The molecule has 1 aliphatic carbocycles. The molecule has 3 aromatic carbocycles. The van der Waals surface area contributed by atoms with Crippen LogP contribution in [0.15, 0.2) is 77.0 Å². The number of ketones is 1. The molecule has 0 bridgehead atoms. The maximum absolute atomic E-state index is 10.0. The van der Waals surface area contributed by atoms with Crippen LogP contribution in [-0.2, 0) is 24.9 Å². The van der Waals surface area contributed by atoms with Gasteiger partial charge in [0.05, 0.1) is 11.3 Å². The van der Waals surface area contributed by atoms with Crippen molar-refractivity contribution in [1.29, 1.82) is 0 Å². The number of carbonyl (C=O) groups is 1. The Hall–Kier alpha value is -3.27. The van der Waals surface area contributed by atoms with Crippen molar-refractivity contribution in [2.24, 2.45) is 0 Å². The van der Waals surface area contributed by atoms with Gasteiger partial charge in [-0.25, -0.2) is 0 Å². The van der Waals surface area contributed by atoms with Gasteiger partial charge in [0, 0.05) is 37.8 Å². The van der Waals surface area contributed by atoms with E-state index in [4.69, 9.17) is 14.5 Å². The number of benzene rings is 3. The van der Waals surface area contributed by atoms with E-state index in [2.05, 4.69) is 62.4 Å². The molecular weight excluding hydrogens is 663 g/mol. The summed E-state index contributed by atoms with van der Waals surface area (Å²) in [6, 6.07) is 23.3. The third kappa shape index (κ3) is 6.16. The average Bonchev–Trinajstić information content (AvgIpc) is 3.55. The van der Waals surface area contributed by atoms with Gasteiger partial charge in [0.25, 0.3) is 0 Å². The van der Waals surface area contributed by atoms with Crippen LogP contribution < -0.4 is 0 Å². The molecule has 1 fully saturated rings. The molecule has 1 N–H and O–H groups in total. The zero-order valence-electron chi connectivity index (χ0n) is 22.9.